The molecule has 0 fully saturated rings. The van der Waals surface area contributed by atoms with E-state index in [4.69, 9.17) is 27.9 Å². The highest BCUT2D eigenvalue weighted by molar-refractivity contribution is 6.35. The van der Waals surface area contributed by atoms with Crippen molar-refractivity contribution in [3.63, 3.8) is 0 Å². The molecule has 0 aromatic heterocycles. The number of nitrogens with one attached hydrogen (secondary N) is 1. The lowest BCUT2D eigenvalue weighted by atomic mass is 10.1. The molecule has 0 aliphatic heterocycles. The zero-order valence-electron chi connectivity index (χ0n) is 14.8. The number of fused-ring (bicyclic) bond motifs is 1. The van der Waals surface area contributed by atoms with Gasteiger partial charge < -0.3 is 20.1 Å². The Morgan fingerprint density at radius 1 is 1.41 bits per heavy atom. The number of aliphatic hydroxyl groups is 1. The molecule has 0 saturated carbocycles. The number of nitrogens with zero attached hydrogens (tertiary/aromatic N) is 1. The number of benzene rings is 2. The monoisotopic (exact) mass is 406 g/mol. The van der Waals surface area contributed by atoms with Gasteiger partial charge in [-0.2, -0.15) is 0 Å². The highest BCUT2D eigenvalue weighted by Gasteiger charge is 2.37. The van der Waals surface area contributed by atoms with Crippen LogP contribution >= 0.6 is 23.2 Å². The summed E-state index contributed by atoms with van der Waals surface area (Å²) in [6.07, 6.45) is 1.26. The van der Waals surface area contributed by atoms with E-state index in [-0.39, 0.29) is 6.03 Å². The van der Waals surface area contributed by atoms with Gasteiger partial charge in [0.2, 0.25) is 0 Å². The highest BCUT2D eigenvalue weighted by atomic mass is 35.5. The van der Waals surface area contributed by atoms with Crippen molar-refractivity contribution in [2.75, 3.05) is 19.0 Å². The van der Waals surface area contributed by atoms with Gasteiger partial charge >= 0.3 is 6.03 Å². The first-order chi connectivity index (χ1) is 12.9. The van der Waals surface area contributed by atoms with Crippen LogP contribution in [0.1, 0.15) is 17.2 Å². The summed E-state index contributed by atoms with van der Waals surface area (Å²) in [6.45, 7) is 3.99. The number of rotatable bonds is 5. The number of aliphatic hydroxyl groups excluding tert-OH is 1. The minimum absolute atomic E-state index is 0.358. The molecule has 27 heavy (non-hydrogen) atoms. The first-order valence-corrected chi connectivity index (χ1v) is 9.19. The summed E-state index contributed by atoms with van der Waals surface area (Å²) in [6, 6.07) is 9.57. The van der Waals surface area contributed by atoms with Gasteiger partial charge in [-0.1, -0.05) is 41.9 Å². The quantitative estimate of drug-likeness (QED) is 0.708. The molecule has 0 bridgehead atoms. The molecule has 2 aromatic carbocycles. The number of urea groups is 1. The number of hydrogen-bond acceptors (Lipinski definition) is 3. The molecule has 2 atom stereocenters. The fourth-order valence-corrected chi connectivity index (χ4v) is 3.84. The predicted octanol–water partition coefficient (Wildman–Crippen LogP) is 4.68. The standard InChI is InChI=1S/C20H20Cl2N2O3/c1-3-7-27-14-6-4-5-13(10-14)23-20(26)24(2)19-16-8-12(21)9-17(22)15(16)11-18(19)25/h3-6,8-10,18-19,25H,1,7,11H2,2H3,(H,23,26)/t18-,19-/m0/s1. The maximum Gasteiger partial charge on any atom is 0.322 e. The van der Waals surface area contributed by atoms with Crippen molar-refractivity contribution in [1.29, 1.82) is 0 Å². The maximum absolute atomic E-state index is 12.7. The van der Waals surface area contributed by atoms with E-state index >= 15 is 0 Å². The third-order valence-electron chi connectivity index (χ3n) is 4.48. The second-order valence-electron chi connectivity index (χ2n) is 6.34. The van der Waals surface area contributed by atoms with Gasteiger partial charge in [-0.25, -0.2) is 4.79 Å². The van der Waals surface area contributed by atoms with Crippen LogP contribution in [-0.2, 0) is 6.42 Å². The van der Waals surface area contributed by atoms with E-state index in [1.165, 1.54) is 4.90 Å². The first kappa shape index (κ1) is 19.5. The number of hydrogen-bond donors (Lipinski definition) is 2. The van der Waals surface area contributed by atoms with Crippen LogP contribution in [0.5, 0.6) is 5.75 Å². The molecule has 5 nitrogen and oxygen atoms in total. The zero-order chi connectivity index (χ0) is 19.6. The Kier molecular flexibility index (Phi) is 5.95. The Labute approximate surface area is 168 Å². The van der Waals surface area contributed by atoms with Gasteiger partial charge in [-0.3, -0.25) is 0 Å². The Morgan fingerprint density at radius 3 is 2.93 bits per heavy atom. The van der Waals surface area contributed by atoms with E-state index in [0.717, 1.165) is 11.1 Å². The van der Waals surface area contributed by atoms with Crippen molar-refractivity contribution in [2.45, 2.75) is 18.6 Å². The Morgan fingerprint density at radius 2 is 2.19 bits per heavy atom. The van der Waals surface area contributed by atoms with Crippen LogP contribution in [0.4, 0.5) is 10.5 Å². The van der Waals surface area contributed by atoms with Crippen molar-refractivity contribution < 1.29 is 14.6 Å². The molecule has 142 valence electrons. The molecule has 0 radical (unpaired) electrons. The van der Waals surface area contributed by atoms with Crippen molar-refractivity contribution in [2.24, 2.45) is 0 Å². The van der Waals surface area contributed by atoms with Gasteiger partial charge in [-0.05, 0) is 35.4 Å². The number of likely N-dealkylation sites (N-methyl/N-ethyl adjacent to an activating group) is 1. The fourth-order valence-electron chi connectivity index (χ4n) is 3.25. The zero-order valence-corrected chi connectivity index (χ0v) is 16.3. The van der Waals surface area contributed by atoms with Gasteiger partial charge in [0.1, 0.15) is 12.4 Å². The van der Waals surface area contributed by atoms with Crippen LogP contribution in [0.2, 0.25) is 10.0 Å². The summed E-state index contributed by atoms with van der Waals surface area (Å²) in [4.78, 5) is 14.2. The Balaban J connectivity index is 1.78. The fraction of sp³-hybridized carbons (Fsp3) is 0.250. The van der Waals surface area contributed by atoms with Crippen LogP contribution in [0.15, 0.2) is 49.1 Å². The molecule has 3 rings (SSSR count). The number of amides is 2. The molecular weight excluding hydrogens is 387 g/mol. The van der Waals surface area contributed by atoms with Crippen molar-refractivity contribution >= 4 is 34.9 Å². The minimum Gasteiger partial charge on any atom is -0.489 e. The predicted molar refractivity (Wildman–Crippen MR) is 108 cm³/mol. The van der Waals surface area contributed by atoms with Crippen molar-refractivity contribution in [3.05, 3.63) is 70.2 Å². The molecule has 7 heteroatoms. The summed E-state index contributed by atoms with van der Waals surface area (Å²) in [5, 5.41) is 14.3. The van der Waals surface area contributed by atoms with E-state index in [9.17, 15) is 9.90 Å². The Hall–Kier alpha value is -2.21. The smallest absolute Gasteiger partial charge is 0.322 e. The molecule has 2 amide bonds. The van der Waals surface area contributed by atoms with Gasteiger partial charge in [0, 0.05) is 35.3 Å². The molecule has 1 aliphatic carbocycles. The molecule has 2 N–H and O–H groups in total. The lowest BCUT2D eigenvalue weighted by Crippen LogP contribution is -2.38. The van der Waals surface area contributed by atoms with Crippen LogP contribution < -0.4 is 10.1 Å². The molecule has 0 heterocycles. The van der Waals surface area contributed by atoms with Crippen LogP contribution in [0.3, 0.4) is 0 Å². The number of anilines is 1. The van der Waals surface area contributed by atoms with Gasteiger partial charge in [0.05, 0.1) is 12.1 Å². The summed E-state index contributed by atoms with van der Waals surface area (Å²) in [5.74, 6) is 0.625. The Bertz CT molecular complexity index is 872. The molecule has 1 aliphatic rings. The second-order valence-corrected chi connectivity index (χ2v) is 7.18. The molecule has 0 spiro atoms. The SMILES string of the molecule is C=CCOc1cccc(NC(=O)N(C)[C@H]2c3cc(Cl)cc(Cl)c3C[C@@H]2O)c1. The lowest BCUT2D eigenvalue weighted by molar-refractivity contribution is 0.0934. The molecule has 2 aromatic rings. The number of carbonyl (C=O) groups is 1. The van der Waals surface area contributed by atoms with Gasteiger partial charge in [0.25, 0.3) is 0 Å². The number of carbonyl (C=O) groups excluding carboxylic acids is 1. The van der Waals surface area contributed by atoms with Crippen LogP contribution in [0.25, 0.3) is 0 Å². The van der Waals surface area contributed by atoms with Crippen molar-refractivity contribution in [3.8, 4) is 5.75 Å². The van der Waals surface area contributed by atoms with Gasteiger partial charge in [-0.15, -0.1) is 0 Å². The number of ether oxygens (including phenoxy) is 1. The van der Waals surface area contributed by atoms with E-state index in [1.807, 2.05) is 0 Å². The first-order valence-electron chi connectivity index (χ1n) is 8.44. The summed E-state index contributed by atoms with van der Waals surface area (Å²) in [5.41, 5.74) is 2.17. The van der Waals surface area contributed by atoms with Crippen LogP contribution in [-0.4, -0.2) is 35.8 Å². The van der Waals surface area contributed by atoms with Gasteiger partial charge in [0.15, 0.2) is 0 Å². The van der Waals surface area contributed by atoms with Crippen LogP contribution in [0, 0.1) is 0 Å². The van der Waals surface area contributed by atoms with Crippen molar-refractivity contribution in [1.82, 2.24) is 4.90 Å². The minimum atomic E-state index is -0.756. The molecule has 0 saturated heterocycles. The highest BCUT2D eigenvalue weighted by Crippen LogP contribution is 2.41. The van der Waals surface area contributed by atoms with E-state index in [2.05, 4.69) is 11.9 Å². The summed E-state index contributed by atoms with van der Waals surface area (Å²) in [7, 11) is 1.63. The second kappa shape index (κ2) is 8.21. The number of halogens is 2. The van der Waals surface area contributed by atoms with E-state index in [1.54, 1.807) is 49.5 Å². The lowest BCUT2D eigenvalue weighted by Gasteiger charge is -2.28. The molecule has 0 unspecified atom stereocenters. The molecular formula is C20H20Cl2N2O3. The topological polar surface area (TPSA) is 61.8 Å². The maximum atomic E-state index is 12.7. The average Bonchev–Trinajstić information content (AvgIpc) is 2.96. The average molecular weight is 407 g/mol. The summed E-state index contributed by atoms with van der Waals surface area (Å²) >= 11 is 12.4. The van der Waals surface area contributed by atoms with E-state index < -0.39 is 12.1 Å². The van der Waals surface area contributed by atoms with E-state index in [0.29, 0.717) is 34.5 Å². The normalized spacial score (nSPS) is 17.9. The largest absolute Gasteiger partial charge is 0.489 e. The summed E-state index contributed by atoms with van der Waals surface area (Å²) < 4.78 is 5.48. The third kappa shape index (κ3) is 4.21. The third-order valence-corrected chi connectivity index (χ3v) is 5.04.